The van der Waals surface area contributed by atoms with Gasteiger partial charge in [-0.25, -0.2) is 0 Å². The smallest absolute Gasteiger partial charge is 0.227 e. The Bertz CT molecular complexity index is 561. The van der Waals surface area contributed by atoms with Crippen molar-refractivity contribution in [2.24, 2.45) is 11.8 Å². The van der Waals surface area contributed by atoms with Crippen LogP contribution in [-0.4, -0.2) is 42.5 Å². The normalized spacial score (nSPS) is 34.0. The van der Waals surface area contributed by atoms with E-state index in [4.69, 9.17) is 16.3 Å². The number of halogens is 1. The number of nitrogens with zero attached hydrogens (tertiary/aromatic N) is 1. The standard InChI is InChI=1S/C17H20ClNO2/c18-9-12-10-21-8-7-19(12)17(20)16-14-6-5-11-3-1-2-4-13(11)15(14)16/h1-4,12,14-16H,5-10H2. The molecule has 3 nitrogen and oxygen atoms in total. The maximum atomic E-state index is 12.9. The lowest BCUT2D eigenvalue weighted by atomic mass is 9.92. The molecule has 1 saturated heterocycles. The molecule has 1 aromatic carbocycles. The fourth-order valence-corrected chi connectivity index (χ4v) is 4.42. The van der Waals surface area contributed by atoms with Gasteiger partial charge >= 0.3 is 0 Å². The minimum Gasteiger partial charge on any atom is -0.377 e. The van der Waals surface area contributed by atoms with Gasteiger partial charge in [-0.05, 0) is 35.8 Å². The van der Waals surface area contributed by atoms with Crippen LogP contribution in [0.1, 0.15) is 23.5 Å². The Morgan fingerprint density at radius 2 is 2.24 bits per heavy atom. The second-order valence-corrected chi connectivity index (χ2v) is 6.68. The quantitative estimate of drug-likeness (QED) is 0.786. The molecule has 0 N–H and O–H groups in total. The van der Waals surface area contributed by atoms with Crippen LogP contribution in [0.15, 0.2) is 24.3 Å². The number of alkyl halides is 1. The van der Waals surface area contributed by atoms with Crippen LogP contribution in [-0.2, 0) is 16.0 Å². The highest BCUT2D eigenvalue weighted by Gasteiger charge is 2.58. The van der Waals surface area contributed by atoms with Gasteiger partial charge in [0.1, 0.15) is 0 Å². The molecular weight excluding hydrogens is 286 g/mol. The average Bonchev–Trinajstić information content (AvgIpc) is 3.29. The first kappa shape index (κ1) is 13.6. The van der Waals surface area contributed by atoms with Gasteiger partial charge in [0.05, 0.1) is 19.3 Å². The fourth-order valence-electron chi connectivity index (χ4n) is 4.17. The summed E-state index contributed by atoms with van der Waals surface area (Å²) in [6, 6.07) is 8.66. The maximum Gasteiger partial charge on any atom is 0.227 e. The zero-order valence-corrected chi connectivity index (χ0v) is 12.8. The zero-order chi connectivity index (χ0) is 14.4. The van der Waals surface area contributed by atoms with Crippen molar-refractivity contribution in [3.63, 3.8) is 0 Å². The molecule has 2 fully saturated rings. The van der Waals surface area contributed by atoms with Gasteiger partial charge < -0.3 is 9.64 Å². The zero-order valence-electron chi connectivity index (χ0n) is 12.0. The van der Waals surface area contributed by atoms with Crippen LogP contribution in [0.25, 0.3) is 0 Å². The Balaban J connectivity index is 1.55. The van der Waals surface area contributed by atoms with Gasteiger partial charge in [-0.15, -0.1) is 11.6 Å². The van der Waals surface area contributed by atoms with E-state index in [1.165, 1.54) is 11.1 Å². The predicted octanol–water partition coefficient (Wildman–Crippen LogP) is 2.43. The van der Waals surface area contributed by atoms with Gasteiger partial charge in [-0.2, -0.15) is 0 Å². The van der Waals surface area contributed by atoms with Crippen LogP contribution >= 0.6 is 11.6 Å². The Kier molecular flexibility index (Phi) is 3.43. The summed E-state index contributed by atoms with van der Waals surface area (Å²) in [6.45, 7) is 1.90. The minimum absolute atomic E-state index is 0.0470. The lowest BCUT2D eigenvalue weighted by Crippen LogP contribution is -2.50. The number of morpholine rings is 1. The van der Waals surface area contributed by atoms with E-state index < -0.39 is 0 Å². The van der Waals surface area contributed by atoms with Crippen molar-refractivity contribution in [3.05, 3.63) is 35.4 Å². The molecule has 4 unspecified atom stereocenters. The summed E-state index contributed by atoms with van der Waals surface area (Å²) in [6.07, 6.45) is 2.26. The number of carbonyl (C=O) groups excluding carboxylic acids is 1. The Labute approximate surface area is 130 Å². The fraction of sp³-hybridized carbons (Fsp3) is 0.588. The SMILES string of the molecule is O=C(C1C2CCc3ccccc3C21)N1CCOCC1CCl. The second kappa shape index (κ2) is 5.29. The van der Waals surface area contributed by atoms with Crippen LogP contribution in [0.5, 0.6) is 0 Å². The number of rotatable bonds is 2. The third kappa shape index (κ3) is 2.18. The lowest BCUT2D eigenvalue weighted by Gasteiger charge is -2.34. The van der Waals surface area contributed by atoms with E-state index in [9.17, 15) is 4.79 Å². The molecule has 1 amide bonds. The third-order valence-electron chi connectivity index (χ3n) is 5.30. The predicted molar refractivity (Wildman–Crippen MR) is 81.5 cm³/mol. The molecule has 0 aromatic heterocycles. The highest BCUT2D eigenvalue weighted by molar-refractivity contribution is 6.18. The summed E-state index contributed by atoms with van der Waals surface area (Å²) in [7, 11) is 0. The van der Waals surface area contributed by atoms with Crippen molar-refractivity contribution in [1.29, 1.82) is 0 Å². The summed E-state index contributed by atoms with van der Waals surface area (Å²) >= 11 is 6.00. The summed E-state index contributed by atoms with van der Waals surface area (Å²) in [4.78, 5) is 14.9. The van der Waals surface area contributed by atoms with Gasteiger partial charge in [-0.3, -0.25) is 4.79 Å². The van der Waals surface area contributed by atoms with Crippen LogP contribution in [0.3, 0.4) is 0 Å². The molecular formula is C17H20ClNO2. The van der Waals surface area contributed by atoms with Gasteiger partial charge in [-0.1, -0.05) is 24.3 Å². The van der Waals surface area contributed by atoms with Crippen molar-refractivity contribution in [1.82, 2.24) is 4.90 Å². The third-order valence-corrected chi connectivity index (χ3v) is 5.66. The van der Waals surface area contributed by atoms with Crippen LogP contribution in [0.2, 0.25) is 0 Å². The van der Waals surface area contributed by atoms with Crippen LogP contribution in [0.4, 0.5) is 0 Å². The van der Waals surface area contributed by atoms with Gasteiger partial charge in [0.15, 0.2) is 0 Å². The van der Waals surface area contributed by atoms with E-state index in [1.54, 1.807) is 0 Å². The number of carbonyl (C=O) groups is 1. The summed E-state index contributed by atoms with van der Waals surface area (Å²) < 4.78 is 5.45. The highest BCUT2D eigenvalue weighted by atomic mass is 35.5. The number of benzene rings is 1. The molecule has 3 aliphatic rings. The van der Waals surface area contributed by atoms with Crippen molar-refractivity contribution in [2.45, 2.75) is 24.8 Å². The van der Waals surface area contributed by atoms with Crippen molar-refractivity contribution >= 4 is 17.5 Å². The van der Waals surface area contributed by atoms with Crippen molar-refractivity contribution < 1.29 is 9.53 Å². The van der Waals surface area contributed by atoms with Gasteiger partial charge in [0.25, 0.3) is 0 Å². The number of ether oxygens (including phenoxy) is 1. The molecule has 1 aliphatic heterocycles. The molecule has 1 saturated carbocycles. The van der Waals surface area contributed by atoms with E-state index in [0.717, 1.165) is 12.8 Å². The van der Waals surface area contributed by atoms with Crippen molar-refractivity contribution in [2.75, 3.05) is 25.6 Å². The monoisotopic (exact) mass is 305 g/mol. The molecule has 0 spiro atoms. The summed E-state index contributed by atoms with van der Waals surface area (Å²) in [5, 5.41) is 0. The number of hydrogen-bond acceptors (Lipinski definition) is 2. The number of amides is 1. The van der Waals surface area contributed by atoms with Gasteiger partial charge in [0.2, 0.25) is 5.91 Å². The largest absolute Gasteiger partial charge is 0.377 e. The molecule has 0 bridgehead atoms. The molecule has 1 heterocycles. The Hall–Kier alpha value is -1.06. The Morgan fingerprint density at radius 3 is 3.10 bits per heavy atom. The van der Waals surface area contributed by atoms with E-state index in [0.29, 0.717) is 43.4 Å². The van der Waals surface area contributed by atoms with Crippen molar-refractivity contribution in [3.8, 4) is 0 Å². The molecule has 2 aliphatic carbocycles. The topological polar surface area (TPSA) is 29.5 Å². The molecule has 1 aromatic rings. The molecule has 4 rings (SSSR count). The Morgan fingerprint density at radius 1 is 1.38 bits per heavy atom. The van der Waals surface area contributed by atoms with Crippen LogP contribution < -0.4 is 0 Å². The lowest BCUT2D eigenvalue weighted by molar-refractivity contribution is -0.140. The minimum atomic E-state index is 0.0470. The molecule has 112 valence electrons. The molecule has 4 atom stereocenters. The second-order valence-electron chi connectivity index (χ2n) is 6.37. The molecule has 4 heteroatoms. The van der Waals surface area contributed by atoms with Gasteiger partial charge in [0, 0.05) is 18.3 Å². The van der Waals surface area contributed by atoms with Crippen LogP contribution in [0, 0.1) is 11.8 Å². The van der Waals surface area contributed by atoms with E-state index in [-0.39, 0.29) is 12.0 Å². The number of fused-ring (bicyclic) bond motifs is 3. The first-order valence-corrected chi connectivity index (χ1v) is 8.36. The highest BCUT2D eigenvalue weighted by Crippen LogP contribution is 2.60. The van der Waals surface area contributed by atoms with E-state index in [1.807, 2.05) is 4.90 Å². The van der Waals surface area contributed by atoms with E-state index in [2.05, 4.69) is 24.3 Å². The molecule has 21 heavy (non-hydrogen) atoms. The first-order valence-electron chi connectivity index (χ1n) is 7.83. The summed E-state index contributed by atoms with van der Waals surface area (Å²) in [5.41, 5.74) is 2.84. The maximum absolute atomic E-state index is 12.9. The first-order chi connectivity index (χ1) is 10.3. The summed E-state index contributed by atoms with van der Waals surface area (Å²) in [5.74, 6) is 1.94. The number of aryl methyl sites for hydroxylation is 1. The molecule has 0 radical (unpaired) electrons. The number of hydrogen-bond donors (Lipinski definition) is 0. The average molecular weight is 306 g/mol. The van der Waals surface area contributed by atoms with E-state index >= 15 is 0 Å².